The highest BCUT2D eigenvalue weighted by Gasteiger charge is 2.45. The van der Waals surface area contributed by atoms with Crippen molar-refractivity contribution in [1.29, 1.82) is 0 Å². The van der Waals surface area contributed by atoms with Gasteiger partial charge in [-0.3, -0.25) is 10.1 Å². The van der Waals surface area contributed by atoms with E-state index in [9.17, 15) is 27.7 Å². The number of carbonyl (C=O) groups is 1. The van der Waals surface area contributed by atoms with Crippen molar-refractivity contribution in [3.05, 3.63) is 40.5 Å². The molecule has 2 aliphatic rings. The Kier molecular flexibility index (Phi) is 6.74. The van der Waals surface area contributed by atoms with Crippen LogP contribution in [0.25, 0.3) is 0 Å². The third-order valence-electron chi connectivity index (χ3n) is 6.04. The maximum atomic E-state index is 14.5. The highest BCUT2D eigenvalue weighted by molar-refractivity contribution is 7.90. The van der Waals surface area contributed by atoms with E-state index in [2.05, 4.69) is 15.3 Å². The minimum Gasteiger partial charge on any atom is -0.469 e. The van der Waals surface area contributed by atoms with Gasteiger partial charge in [-0.05, 0) is 38.0 Å². The normalized spacial score (nSPS) is 21.5. The molecule has 2 atom stereocenters. The van der Waals surface area contributed by atoms with E-state index in [4.69, 9.17) is 9.47 Å². The number of hydrogen-bond donors (Lipinski definition) is 1. The van der Waals surface area contributed by atoms with Gasteiger partial charge in [0.15, 0.2) is 9.84 Å². The average molecular weight is 510 g/mol. The van der Waals surface area contributed by atoms with Gasteiger partial charge in [0.25, 0.3) is 5.88 Å². The summed E-state index contributed by atoms with van der Waals surface area (Å²) in [5, 5.41) is 14.4. The molecule has 0 radical (unpaired) electrons. The number of hydrogen-bond acceptors (Lipinski definition) is 10. The fourth-order valence-corrected chi connectivity index (χ4v) is 5.17. The molecule has 2 bridgehead atoms. The number of anilines is 2. The number of amides is 1. The number of benzene rings is 1. The minimum absolute atomic E-state index is 0.0984. The summed E-state index contributed by atoms with van der Waals surface area (Å²) in [7, 11) is -3.63. The van der Waals surface area contributed by atoms with Crippen LogP contribution in [-0.4, -0.2) is 65.4 Å². The van der Waals surface area contributed by atoms with Gasteiger partial charge in [0.1, 0.15) is 18.2 Å². The zero-order chi connectivity index (χ0) is 25.3. The molecule has 2 aliphatic heterocycles. The molecular formula is C21H24FN5O7S. The highest BCUT2D eigenvalue weighted by Crippen LogP contribution is 2.40. The first kappa shape index (κ1) is 24.6. The third-order valence-corrected chi connectivity index (χ3v) is 7.15. The predicted octanol–water partition coefficient (Wildman–Crippen LogP) is 3.20. The predicted molar refractivity (Wildman–Crippen MR) is 121 cm³/mol. The van der Waals surface area contributed by atoms with Gasteiger partial charge in [0.2, 0.25) is 5.82 Å². The number of sulfone groups is 1. The van der Waals surface area contributed by atoms with Gasteiger partial charge in [0.05, 0.1) is 22.1 Å². The molecule has 35 heavy (non-hydrogen) atoms. The lowest BCUT2D eigenvalue weighted by Crippen LogP contribution is -2.49. The Bertz CT molecular complexity index is 1240. The second kappa shape index (κ2) is 9.60. The zero-order valence-corrected chi connectivity index (χ0v) is 19.8. The Morgan fingerprint density at radius 3 is 2.54 bits per heavy atom. The fraction of sp³-hybridized carbons (Fsp3) is 0.476. The van der Waals surface area contributed by atoms with Crippen molar-refractivity contribution in [3.8, 4) is 5.88 Å². The minimum atomic E-state index is -3.63. The van der Waals surface area contributed by atoms with Crippen molar-refractivity contribution in [2.45, 2.75) is 55.7 Å². The van der Waals surface area contributed by atoms with Crippen molar-refractivity contribution in [2.75, 3.05) is 18.2 Å². The largest absolute Gasteiger partial charge is 0.469 e. The van der Waals surface area contributed by atoms with Crippen molar-refractivity contribution >= 4 is 33.1 Å². The smallest absolute Gasteiger partial charge is 0.410 e. The number of fused-ring (bicyclic) bond motifs is 2. The molecule has 1 aromatic carbocycles. The van der Waals surface area contributed by atoms with E-state index >= 15 is 0 Å². The summed E-state index contributed by atoms with van der Waals surface area (Å²) < 4.78 is 48.8. The summed E-state index contributed by atoms with van der Waals surface area (Å²) in [6, 6.07) is 2.95. The molecule has 4 rings (SSSR count). The lowest BCUT2D eigenvalue weighted by Gasteiger charge is -2.37. The van der Waals surface area contributed by atoms with E-state index in [1.807, 2.05) is 0 Å². The Hall–Kier alpha value is -3.55. The average Bonchev–Trinajstić information content (AvgIpc) is 3.05. The van der Waals surface area contributed by atoms with Crippen LogP contribution in [0.2, 0.25) is 0 Å². The first-order valence-corrected chi connectivity index (χ1v) is 12.8. The number of ether oxygens (including phenoxy) is 2. The van der Waals surface area contributed by atoms with E-state index in [-0.39, 0.29) is 47.1 Å². The Labute approximate surface area is 200 Å². The van der Waals surface area contributed by atoms with Gasteiger partial charge in [-0.1, -0.05) is 0 Å². The first-order valence-electron chi connectivity index (χ1n) is 11.0. The van der Waals surface area contributed by atoms with Gasteiger partial charge in [0, 0.05) is 31.2 Å². The molecule has 2 saturated heterocycles. The summed E-state index contributed by atoms with van der Waals surface area (Å²) in [5.74, 6) is -1.51. The molecule has 0 saturated carbocycles. The number of nitro groups is 1. The molecule has 2 fully saturated rings. The molecule has 0 aliphatic carbocycles. The quantitative estimate of drug-likeness (QED) is 0.435. The lowest BCUT2D eigenvalue weighted by molar-refractivity contribution is -0.385. The van der Waals surface area contributed by atoms with Gasteiger partial charge in [-0.2, -0.15) is 4.98 Å². The van der Waals surface area contributed by atoms with Crippen LogP contribution in [0.4, 0.5) is 26.4 Å². The SMILES string of the molecule is CCOC(=O)N1[C@@H]2CC[C@@H]1CC(Oc1ncnc(Nc3ccc(S(C)(=O)=O)cc3F)c1[N+](=O)[O-])C2. The number of nitrogens with zero attached hydrogens (tertiary/aromatic N) is 4. The molecule has 0 spiro atoms. The van der Waals surface area contributed by atoms with Crippen LogP contribution >= 0.6 is 0 Å². The monoisotopic (exact) mass is 509 g/mol. The van der Waals surface area contributed by atoms with Gasteiger partial charge in [-0.15, -0.1) is 0 Å². The molecule has 0 unspecified atom stereocenters. The number of rotatable bonds is 7. The number of carbonyl (C=O) groups excluding carboxylic acids is 1. The Balaban J connectivity index is 1.55. The second-order valence-electron chi connectivity index (χ2n) is 8.37. The molecule has 14 heteroatoms. The van der Waals surface area contributed by atoms with Gasteiger partial charge in [-0.25, -0.2) is 22.6 Å². The number of nitrogens with one attached hydrogen (secondary N) is 1. The van der Waals surface area contributed by atoms with Crippen molar-refractivity contribution in [2.24, 2.45) is 0 Å². The Morgan fingerprint density at radius 2 is 1.97 bits per heavy atom. The van der Waals surface area contributed by atoms with E-state index in [1.54, 1.807) is 11.8 Å². The fourth-order valence-electron chi connectivity index (χ4n) is 4.54. The van der Waals surface area contributed by atoms with E-state index < -0.39 is 32.4 Å². The zero-order valence-electron chi connectivity index (χ0n) is 19.0. The van der Waals surface area contributed by atoms with E-state index in [1.165, 1.54) is 6.07 Å². The molecule has 1 aromatic heterocycles. The number of aromatic nitrogens is 2. The summed E-state index contributed by atoms with van der Waals surface area (Å²) in [4.78, 5) is 32.7. The lowest BCUT2D eigenvalue weighted by atomic mass is 10.0. The van der Waals surface area contributed by atoms with Crippen LogP contribution in [0, 0.1) is 15.9 Å². The van der Waals surface area contributed by atoms with Crippen LogP contribution in [0.15, 0.2) is 29.4 Å². The van der Waals surface area contributed by atoms with Gasteiger partial charge < -0.3 is 19.7 Å². The van der Waals surface area contributed by atoms with Crippen LogP contribution in [-0.2, 0) is 14.6 Å². The van der Waals surface area contributed by atoms with Crippen LogP contribution in [0.5, 0.6) is 5.88 Å². The summed E-state index contributed by atoms with van der Waals surface area (Å²) in [6.45, 7) is 2.01. The number of piperidine rings is 1. The molecule has 188 valence electrons. The topological polar surface area (TPSA) is 154 Å². The maximum Gasteiger partial charge on any atom is 0.410 e. The van der Waals surface area contributed by atoms with Gasteiger partial charge >= 0.3 is 11.8 Å². The standard InChI is InChI=1S/C21H24FN5O7S/c1-3-33-21(28)26-12-4-5-13(26)9-14(8-12)34-20-18(27(29)30)19(23-11-24-20)25-17-7-6-15(10-16(17)22)35(2,31)32/h6-7,10-14H,3-5,8-9H2,1-2H3,(H,23,24,25)/t12-,13-/m1/s1. The molecule has 1 N–H and O–H groups in total. The Morgan fingerprint density at radius 1 is 1.29 bits per heavy atom. The van der Waals surface area contributed by atoms with Crippen molar-refractivity contribution in [1.82, 2.24) is 14.9 Å². The highest BCUT2D eigenvalue weighted by atomic mass is 32.2. The number of halogens is 1. The summed E-state index contributed by atoms with van der Waals surface area (Å²) in [5.41, 5.74) is -0.787. The molecule has 1 amide bonds. The first-order chi connectivity index (χ1) is 16.6. The van der Waals surface area contributed by atoms with Crippen molar-refractivity contribution < 1.29 is 32.0 Å². The van der Waals surface area contributed by atoms with Crippen molar-refractivity contribution in [3.63, 3.8) is 0 Å². The molecular weight excluding hydrogens is 485 g/mol. The summed E-state index contributed by atoms with van der Waals surface area (Å²) >= 11 is 0. The molecule has 12 nitrogen and oxygen atoms in total. The summed E-state index contributed by atoms with van der Waals surface area (Å²) in [6.07, 6.45) is 3.68. The van der Waals surface area contributed by atoms with E-state index in [0.717, 1.165) is 37.6 Å². The maximum absolute atomic E-state index is 14.5. The van der Waals surface area contributed by atoms with Crippen LogP contribution in [0.1, 0.15) is 32.6 Å². The second-order valence-corrected chi connectivity index (χ2v) is 10.4. The van der Waals surface area contributed by atoms with Crippen LogP contribution in [0.3, 0.4) is 0 Å². The third kappa shape index (κ3) is 5.11. The van der Waals surface area contributed by atoms with Crippen LogP contribution < -0.4 is 10.1 Å². The molecule has 2 aromatic rings. The van der Waals surface area contributed by atoms with E-state index in [0.29, 0.717) is 12.8 Å². The molecule has 3 heterocycles.